The Bertz CT molecular complexity index is 412. The lowest BCUT2D eigenvalue weighted by Crippen LogP contribution is -2.01. The summed E-state index contributed by atoms with van der Waals surface area (Å²) < 4.78 is 13.3. The fraction of sp³-hybridized carbons (Fsp3) is 0.231. The van der Waals surface area contributed by atoms with E-state index in [2.05, 4.69) is 0 Å². The molecule has 0 atom stereocenters. The number of allylic oxidation sites excluding steroid dienone is 2. The first-order valence-corrected chi connectivity index (χ1v) is 4.88. The van der Waals surface area contributed by atoms with Crippen LogP contribution in [0.3, 0.4) is 0 Å². The van der Waals surface area contributed by atoms with Crippen LogP contribution in [0.1, 0.15) is 26.3 Å². The summed E-state index contributed by atoms with van der Waals surface area (Å²) in [6.07, 6.45) is 1.76. The van der Waals surface area contributed by atoms with Crippen molar-refractivity contribution in [3.05, 3.63) is 52.5 Å². The summed E-state index contributed by atoms with van der Waals surface area (Å²) in [4.78, 5) is 0. The normalized spacial score (nSPS) is 11.3. The lowest BCUT2D eigenvalue weighted by molar-refractivity contribution is 0.625. The van der Waals surface area contributed by atoms with Crippen molar-refractivity contribution in [3.63, 3.8) is 0 Å². The fourth-order valence-electron chi connectivity index (χ4n) is 1.30. The Hall–Kier alpha value is -1.57. The van der Waals surface area contributed by atoms with E-state index in [0.29, 0.717) is 5.56 Å². The second-order valence-electron chi connectivity index (χ2n) is 3.76. The predicted octanol–water partition coefficient (Wildman–Crippen LogP) is 3.48. The summed E-state index contributed by atoms with van der Waals surface area (Å²) in [6.45, 7) is 5.76. The minimum atomic E-state index is -0.224. The van der Waals surface area contributed by atoms with E-state index >= 15 is 0 Å². The van der Waals surface area contributed by atoms with Crippen molar-refractivity contribution in [2.24, 2.45) is 5.73 Å². The van der Waals surface area contributed by atoms with Crippen LogP contribution in [0, 0.1) is 5.82 Å². The third kappa shape index (κ3) is 2.94. The molecule has 1 rings (SSSR count). The average molecular weight is 205 g/mol. The van der Waals surface area contributed by atoms with Gasteiger partial charge in [-0.05, 0) is 38.5 Å². The Morgan fingerprint density at radius 3 is 2.33 bits per heavy atom. The maximum absolute atomic E-state index is 13.3. The van der Waals surface area contributed by atoms with Crippen molar-refractivity contribution < 1.29 is 4.39 Å². The lowest BCUT2D eigenvalue weighted by atomic mass is 10.1. The van der Waals surface area contributed by atoms with Gasteiger partial charge in [-0.1, -0.05) is 23.8 Å². The highest BCUT2D eigenvalue weighted by Crippen LogP contribution is 2.15. The summed E-state index contributed by atoms with van der Waals surface area (Å²) in [6, 6.07) is 6.65. The van der Waals surface area contributed by atoms with E-state index in [1.54, 1.807) is 24.3 Å². The molecule has 0 aliphatic heterocycles. The zero-order valence-corrected chi connectivity index (χ0v) is 9.34. The Morgan fingerprint density at radius 1 is 1.20 bits per heavy atom. The van der Waals surface area contributed by atoms with Gasteiger partial charge in [0.1, 0.15) is 5.82 Å². The van der Waals surface area contributed by atoms with Crippen LogP contribution in [0.25, 0.3) is 6.08 Å². The van der Waals surface area contributed by atoms with E-state index in [4.69, 9.17) is 5.73 Å². The van der Waals surface area contributed by atoms with Crippen molar-refractivity contribution in [2.75, 3.05) is 0 Å². The first kappa shape index (κ1) is 11.5. The Labute approximate surface area is 90.1 Å². The van der Waals surface area contributed by atoms with E-state index in [1.165, 1.54) is 6.07 Å². The molecule has 0 heterocycles. The van der Waals surface area contributed by atoms with Crippen molar-refractivity contribution in [1.82, 2.24) is 0 Å². The van der Waals surface area contributed by atoms with Gasteiger partial charge in [-0.2, -0.15) is 0 Å². The van der Waals surface area contributed by atoms with Gasteiger partial charge in [0.15, 0.2) is 0 Å². The Balaban J connectivity index is 3.09. The van der Waals surface area contributed by atoms with Crippen LogP contribution in [0.2, 0.25) is 0 Å². The van der Waals surface area contributed by atoms with Gasteiger partial charge in [0.2, 0.25) is 0 Å². The largest absolute Gasteiger partial charge is 0.399 e. The standard InChI is InChI=1S/C13H16FN/c1-9(2)13(15)10(3)8-11-6-4-5-7-12(11)14/h4-8H,15H2,1-3H3/b10-8-. The van der Waals surface area contributed by atoms with Crippen LogP contribution in [-0.2, 0) is 0 Å². The van der Waals surface area contributed by atoms with Crippen molar-refractivity contribution in [3.8, 4) is 0 Å². The molecular formula is C13H16FN. The molecule has 0 saturated heterocycles. The van der Waals surface area contributed by atoms with Gasteiger partial charge in [-0.25, -0.2) is 4.39 Å². The first-order valence-electron chi connectivity index (χ1n) is 4.88. The van der Waals surface area contributed by atoms with Crippen LogP contribution < -0.4 is 5.73 Å². The van der Waals surface area contributed by atoms with E-state index in [9.17, 15) is 4.39 Å². The molecule has 0 saturated carbocycles. The summed E-state index contributed by atoms with van der Waals surface area (Å²) in [5.41, 5.74) is 9.07. The highest BCUT2D eigenvalue weighted by atomic mass is 19.1. The predicted molar refractivity (Wildman–Crippen MR) is 62.6 cm³/mol. The monoisotopic (exact) mass is 205 g/mol. The fourth-order valence-corrected chi connectivity index (χ4v) is 1.30. The number of hydrogen-bond acceptors (Lipinski definition) is 1. The summed E-state index contributed by atoms with van der Waals surface area (Å²) >= 11 is 0. The van der Waals surface area contributed by atoms with E-state index in [-0.39, 0.29) is 5.82 Å². The molecule has 2 heteroatoms. The molecule has 0 aromatic heterocycles. The highest BCUT2D eigenvalue weighted by molar-refractivity contribution is 5.58. The number of halogens is 1. The molecule has 0 aliphatic carbocycles. The Kier molecular flexibility index (Phi) is 3.67. The molecule has 0 spiro atoms. The summed E-state index contributed by atoms with van der Waals surface area (Å²) in [5.74, 6) is -0.224. The second-order valence-corrected chi connectivity index (χ2v) is 3.76. The van der Waals surface area contributed by atoms with E-state index in [0.717, 1.165) is 16.8 Å². The molecule has 1 nitrogen and oxygen atoms in total. The number of rotatable bonds is 2. The van der Waals surface area contributed by atoms with Gasteiger partial charge in [0, 0.05) is 11.3 Å². The molecule has 0 bridgehead atoms. The Morgan fingerprint density at radius 2 is 1.80 bits per heavy atom. The third-order valence-electron chi connectivity index (χ3n) is 2.24. The van der Waals surface area contributed by atoms with Crippen LogP contribution in [0.4, 0.5) is 4.39 Å². The zero-order valence-electron chi connectivity index (χ0n) is 9.34. The average Bonchev–Trinajstić information content (AvgIpc) is 2.20. The molecule has 80 valence electrons. The molecule has 2 N–H and O–H groups in total. The molecule has 1 aromatic rings. The number of hydrogen-bond donors (Lipinski definition) is 1. The molecule has 0 aliphatic rings. The minimum Gasteiger partial charge on any atom is -0.399 e. The van der Waals surface area contributed by atoms with E-state index < -0.39 is 0 Å². The highest BCUT2D eigenvalue weighted by Gasteiger charge is 2.00. The lowest BCUT2D eigenvalue weighted by Gasteiger charge is -2.04. The van der Waals surface area contributed by atoms with Crippen molar-refractivity contribution >= 4 is 6.08 Å². The summed E-state index contributed by atoms with van der Waals surface area (Å²) in [5, 5.41) is 0. The van der Waals surface area contributed by atoms with E-state index in [1.807, 2.05) is 20.8 Å². The van der Waals surface area contributed by atoms with Crippen LogP contribution in [-0.4, -0.2) is 0 Å². The van der Waals surface area contributed by atoms with Gasteiger partial charge < -0.3 is 5.73 Å². The molecule has 0 radical (unpaired) electrons. The molecule has 0 unspecified atom stereocenters. The minimum absolute atomic E-state index is 0.224. The molecule has 1 aromatic carbocycles. The molecule has 0 fully saturated rings. The quantitative estimate of drug-likeness (QED) is 0.735. The smallest absolute Gasteiger partial charge is 0.130 e. The maximum atomic E-state index is 13.3. The number of benzene rings is 1. The van der Waals surface area contributed by atoms with Crippen molar-refractivity contribution in [1.29, 1.82) is 0 Å². The summed E-state index contributed by atoms with van der Waals surface area (Å²) in [7, 11) is 0. The van der Waals surface area contributed by atoms with Gasteiger partial charge in [-0.15, -0.1) is 0 Å². The van der Waals surface area contributed by atoms with Gasteiger partial charge in [0.25, 0.3) is 0 Å². The van der Waals surface area contributed by atoms with Gasteiger partial charge >= 0.3 is 0 Å². The number of nitrogens with two attached hydrogens (primary N) is 1. The van der Waals surface area contributed by atoms with Crippen molar-refractivity contribution in [2.45, 2.75) is 20.8 Å². The first-order chi connectivity index (χ1) is 7.02. The zero-order chi connectivity index (χ0) is 11.4. The van der Waals surface area contributed by atoms with Crippen LogP contribution >= 0.6 is 0 Å². The van der Waals surface area contributed by atoms with Crippen LogP contribution in [0.15, 0.2) is 41.1 Å². The molecule has 0 amide bonds. The topological polar surface area (TPSA) is 26.0 Å². The molecular weight excluding hydrogens is 189 g/mol. The second kappa shape index (κ2) is 4.78. The van der Waals surface area contributed by atoms with Gasteiger partial charge in [-0.3, -0.25) is 0 Å². The maximum Gasteiger partial charge on any atom is 0.130 e. The SMILES string of the molecule is CC(C)=C(N)/C(C)=C\c1ccccc1F. The van der Waals surface area contributed by atoms with Gasteiger partial charge in [0.05, 0.1) is 0 Å². The van der Waals surface area contributed by atoms with Crippen LogP contribution in [0.5, 0.6) is 0 Å². The third-order valence-corrected chi connectivity index (χ3v) is 2.24. The molecule has 15 heavy (non-hydrogen) atoms.